The number of carbonyl (C=O) groups is 8. The van der Waals surface area contributed by atoms with Crippen LogP contribution in [0.2, 0.25) is 0 Å². The van der Waals surface area contributed by atoms with Crippen molar-refractivity contribution in [3.63, 3.8) is 0 Å². The molecule has 0 bridgehead atoms. The smallest absolute Gasteiger partial charge is 0.326 e. The Labute approximate surface area is 252 Å². The second-order valence-electron chi connectivity index (χ2n) is 9.93. The highest BCUT2D eigenvalue weighted by Gasteiger charge is 2.38. The van der Waals surface area contributed by atoms with Gasteiger partial charge in [-0.3, -0.25) is 33.6 Å². The number of carbonyl (C=O) groups excluding carboxylic acids is 6. The molecular formula is C25H42N8O11. The zero-order chi connectivity index (χ0) is 33.2. The van der Waals surface area contributed by atoms with Gasteiger partial charge in [-0.2, -0.15) is 0 Å². The van der Waals surface area contributed by atoms with Crippen LogP contribution in [-0.4, -0.2) is 131 Å². The molecule has 0 aromatic heterocycles. The molecule has 12 N–H and O–H groups in total. The molecule has 1 saturated heterocycles. The SMILES string of the molecule is NCCCC[C@H](NC(=O)[C@H](CCC(=O)O)NC(=O)CNC(=O)[C@H](CO)NC(=O)CNC(=O)CN)C(=O)N1CCC[C@H]1C(=O)O. The monoisotopic (exact) mass is 630 g/mol. The molecule has 19 nitrogen and oxygen atoms in total. The van der Waals surface area contributed by atoms with Crippen molar-refractivity contribution in [2.75, 3.05) is 39.3 Å². The van der Waals surface area contributed by atoms with Gasteiger partial charge in [-0.05, 0) is 45.1 Å². The molecule has 1 fully saturated rings. The first-order chi connectivity index (χ1) is 20.8. The van der Waals surface area contributed by atoms with Crippen LogP contribution in [0.25, 0.3) is 0 Å². The van der Waals surface area contributed by atoms with Crippen molar-refractivity contribution in [1.82, 2.24) is 31.5 Å². The summed E-state index contributed by atoms with van der Waals surface area (Å²) in [6.07, 6.45) is 0.834. The number of likely N-dealkylation sites (tertiary alicyclic amines) is 1. The third-order valence-corrected chi connectivity index (χ3v) is 6.57. The number of carboxylic acid groups (broad SMARTS) is 2. The highest BCUT2D eigenvalue weighted by Crippen LogP contribution is 2.20. The fourth-order valence-electron chi connectivity index (χ4n) is 4.27. The summed E-state index contributed by atoms with van der Waals surface area (Å²) in [5, 5.41) is 39.3. The summed E-state index contributed by atoms with van der Waals surface area (Å²) in [6.45, 7) is -2.00. The molecule has 0 spiro atoms. The van der Waals surface area contributed by atoms with Crippen LogP contribution in [0.5, 0.6) is 0 Å². The molecule has 0 aromatic rings. The summed E-state index contributed by atoms with van der Waals surface area (Å²) < 4.78 is 0. The van der Waals surface area contributed by atoms with E-state index < -0.39 is 97.7 Å². The predicted molar refractivity (Wildman–Crippen MR) is 150 cm³/mol. The topological polar surface area (TPSA) is 313 Å². The molecule has 1 heterocycles. The van der Waals surface area contributed by atoms with Gasteiger partial charge in [0.15, 0.2) is 0 Å². The highest BCUT2D eigenvalue weighted by molar-refractivity contribution is 5.95. The number of aliphatic carboxylic acids is 2. The maximum Gasteiger partial charge on any atom is 0.326 e. The number of nitrogens with one attached hydrogen (secondary N) is 5. The van der Waals surface area contributed by atoms with Crippen molar-refractivity contribution >= 4 is 47.4 Å². The number of amides is 6. The average Bonchev–Trinajstić information content (AvgIpc) is 3.49. The Balaban J connectivity index is 2.89. The van der Waals surface area contributed by atoms with Gasteiger partial charge in [0.1, 0.15) is 24.2 Å². The molecule has 248 valence electrons. The molecule has 1 aliphatic heterocycles. The molecule has 19 heteroatoms. The zero-order valence-corrected chi connectivity index (χ0v) is 24.2. The Morgan fingerprint density at radius 2 is 1.41 bits per heavy atom. The molecule has 6 amide bonds. The molecule has 4 atom stereocenters. The van der Waals surface area contributed by atoms with Gasteiger partial charge < -0.3 is 58.3 Å². The van der Waals surface area contributed by atoms with E-state index in [9.17, 15) is 48.6 Å². The van der Waals surface area contributed by atoms with Gasteiger partial charge in [-0.15, -0.1) is 0 Å². The van der Waals surface area contributed by atoms with Gasteiger partial charge in [0.2, 0.25) is 35.4 Å². The number of hydrogen-bond donors (Lipinski definition) is 10. The van der Waals surface area contributed by atoms with E-state index in [1.54, 1.807) is 0 Å². The fourth-order valence-corrected chi connectivity index (χ4v) is 4.27. The van der Waals surface area contributed by atoms with E-state index in [0.29, 0.717) is 25.8 Å². The van der Waals surface area contributed by atoms with Gasteiger partial charge in [-0.1, -0.05) is 0 Å². The van der Waals surface area contributed by atoms with Crippen LogP contribution in [0.15, 0.2) is 0 Å². The Kier molecular flexibility index (Phi) is 16.9. The third-order valence-electron chi connectivity index (χ3n) is 6.57. The van der Waals surface area contributed by atoms with Gasteiger partial charge in [-0.25, -0.2) is 4.79 Å². The lowest BCUT2D eigenvalue weighted by Crippen LogP contribution is -2.57. The Morgan fingerprint density at radius 3 is 1.98 bits per heavy atom. The number of aliphatic hydroxyl groups is 1. The lowest BCUT2D eigenvalue weighted by atomic mass is 10.0. The molecule has 0 saturated carbocycles. The first-order valence-electron chi connectivity index (χ1n) is 14.0. The fraction of sp³-hybridized carbons (Fsp3) is 0.680. The Hall–Kier alpha value is -4.36. The molecule has 1 aliphatic rings. The number of aliphatic hydroxyl groups excluding tert-OH is 1. The Morgan fingerprint density at radius 1 is 0.773 bits per heavy atom. The van der Waals surface area contributed by atoms with Crippen molar-refractivity contribution < 1.29 is 53.7 Å². The van der Waals surface area contributed by atoms with Crippen LogP contribution in [0.3, 0.4) is 0 Å². The lowest BCUT2D eigenvalue weighted by molar-refractivity contribution is -0.149. The number of unbranched alkanes of at least 4 members (excludes halogenated alkanes) is 1. The highest BCUT2D eigenvalue weighted by atomic mass is 16.4. The normalized spacial score (nSPS) is 16.2. The summed E-state index contributed by atoms with van der Waals surface area (Å²) in [7, 11) is 0. The molecular weight excluding hydrogens is 588 g/mol. The predicted octanol–water partition coefficient (Wildman–Crippen LogP) is -5.31. The van der Waals surface area contributed by atoms with Crippen molar-refractivity contribution in [2.24, 2.45) is 11.5 Å². The summed E-state index contributed by atoms with van der Waals surface area (Å²) in [6, 6.07) is -5.16. The van der Waals surface area contributed by atoms with Crippen LogP contribution < -0.4 is 38.1 Å². The van der Waals surface area contributed by atoms with Gasteiger partial charge in [0.05, 0.1) is 26.2 Å². The van der Waals surface area contributed by atoms with E-state index in [-0.39, 0.29) is 32.4 Å². The second-order valence-corrected chi connectivity index (χ2v) is 9.93. The maximum absolute atomic E-state index is 13.2. The number of nitrogens with two attached hydrogens (primary N) is 2. The van der Waals surface area contributed by atoms with Crippen molar-refractivity contribution in [2.45, 2.75) is 69.1 Å². The quantitative estimate of drug-likeness (QED) is 0.0563. The molecule has 0 unspecified atom stereocenters. The maximum atomic E-state index is 13.2. The number of hydrogen-bond acceptors (Lipinski definition) is 11. The van der Waals surface area contributed by atoms with Gasteiger partial charge in [0, 0.05) is 13.0 Å². The third kappa shape index (κ3) is 13.3. The van der Waals surface area contributed by atoms with Crippen LogP contribution in [-0.2, 0) is 38.4 Å². The van der Waals surface area contributed by atoms with Crippen molar-refractivity contribution in [3.8, 4) is 0 Å². The summed E-state index contributed by atoms with van der Waals surface area (Å²) in [5.74, 6) is -7.34. The van der Waals surface area contributed by atoms with E-state index >= 15 is 0 Å². The zero-order valence-electron chi connectivity index (χ0n) is 24.2. The van der Waals surface area contributed by atoms with Crippen LogP contribution in [0, 0.1) is 0 Å². The minimum Gasteiger partial charge on any atom is -0.481 e. The van der Waals surface area contributed by atoms with Crippen LogP contribution in [0.4, 0.5) is 0 Å². The van der Waals surface area contributed by atoms with Crippen molar-refractivity contribution in [3.05, 3.63) is 0 Å². The molecule has 0 aromatic carbocycles. The van der Waals surface area contributed by atoms with Crippen LogP contribution in [0.1, 0.15) is 44.9 Å². The number of nitrogens with zero attached hydrogens (tertiary/aromatic N) is 1. The minimum absolute atomic E-state index is 0.116. The minimum atomic E-state index is -1.49. The number of rotatable bonds is 20. The average molecular weight is 631 g/mol. The van der Waals surface area contributed by atoms with E-state index in [1.807, 2.05) is 0 Å². The van der Waals surface area contributed by atoms with Crippen LogP contribution >= 0.6 is 0 Å². The molecule has 0 aliphatic carbocycles. The van der Waals surface area contributed by atoms with E-state index in [2.05, 4.69) is 26.6 Å². The van der Waals surface area contributed by atoms with E-state index in [0.717, 1.165) is 0 Å². The summed E-state index contributed by atoms with van der Waals surface area (Å²) in [4.78, 5) is 98.4. The molecule has 0 radical (unpaired) electrons. The summed E-state index contributed by atoms with van der Waals surface area (Å²) in [5.41, 5.74) is 10.6. The molecule has 1 rings (SSSR count). The van der Waals surface area contributed by atoms with E-state index in [4.69, 9.17) is 16.6 Å². The first-order valence-corrected chi connectivity index (χ1v) is 14.0. The summed E-state index contributed by atoms with van der Waals surface area (Å²) >= 11 is 0. The standard InChI is InChI=1S/C25H42N8O11/c26-8-2-1-4-15(24(42)33-9-3-5-17(33)25(43)44)32-23(41)14(6-7-21(38)39)30-20(37)12-29-22(40)16(13-34)31-19(36)11-28-18(35)10-27/h14-17,34H,1-13,26-27H2,(H,28,35)(H,29,40)(H,30,37)(H,31,36)(H,32,41)(H,38,39)(H,43,44)/t14-,15-,16-,17-/m0/s1. The largest absolute Gasteiger partial charge is 0.481 e. The lowest BCUT2D eigenvalue weighted by Gasteiger charge is -2.28. The van der Waals surface area contributed by atoms with Gasteiger partial charge >= 0.3 is 11.9 Å². The second kappa shape index (κ2) is 19.8. The number of carboxylic acids is 2. The Bertz CT molecular complexity index is 1060. The van der Waals surface area contributed by atoms with Crippen molar-refractivity contribution in [1.29, 1.82) is 0 Å². The first kappa shape index (κ1) is 37.7. The van der Waals surface area contributed by atoms with Gasteiger partial charge in [0.25, 0.3) is 0 Å². The molecule has 44 heavy (non-hydrogen) atoms. The van der Waals surface area contributed by atoms with E-state index in [1.165, 1.54) is 4.90 Å².